The first-order valence-corrected chi connectivity index (χ1v) is 7.18. The number of halogens is 2. The lowest BCUT2D eigenvalue weighted by molar-refractivity contribution is 0.0911. The van der Waals surface area contributed by atoms with Gasteiger partial charge in [-0.3, -0.25) is 4.79 Å². The zero-order valence-corrected chi connectivity index (χ0v) is 12.4. The van der Waals surface area contributed by atoms with Gasteiger partial charge in [-0.05, 0) is 40.0 Å². The zero-order chi connectivity index (χ0) is 13.7. The molecule has 1 aromatic heterocycles. The fourth-order valence-corrected chi connectivity index (χ4v) is 2.23. The summed E-state index contributed by atoms with van der Waals surface area (Å²) in [4.78, 5) is 11.9. The quantitative estimate of drug-likeness (QED) is 0.843. The number of benzene rings is 1. The number of furan rings is 1. The molecule has 0 aliphatic rings. The van der Waals surface area contributed by atoms with Gasteiger partial charge in [-0.1, -0.05) is 30.3 Å². The standard InChI is InChI=1S/C14H13BrClNO2/c15-13-7-6-12(19-13)14(18)17-11(9-16)8-10-4-2-1-3-5-10/h1-7,11H,8-9H2,(H,17,18). The first-order chi connectivity index (χ1) is 9.19. The normalized spacial score (nSPS) is 12.1. The van der Waals surface area contributed by atoms with E-state index >= 15 is 0 Å². The SMILES string of the molecule is O=C(NC(CCl)Cc1ccccc1)c1ccc(Br)o1. The van der Waals surface area contributed by atoms with Crippen LogP contribution in [-0.4, -0.2) is 17.8 Å². The van der Waals surface area contributed by atoms with Gasteiger partial charge < -0.3 is 9.73 Å². The maximum atomic E-state index is 11.9. The van der Waals surface area contributed by atoms with Crippen LogP contribution in [0.3, 0.4) is 0 Å². The second-order valence-corrected chi connectivity index (χ2v) is 5.21. The maximum absolute atomic E-state index is 11.9. The van der Waals surface area contributed by atoms with Crippen molar-refractivity contribution in [2.45, 2.75) is 12.5 Å². The van der Waals surface area contributed by atoms with Crippen LogP contribution >= 0.6 is 27.5 Å². The van der Waals surface area contributed by atoms with Crippen LogP contribution in [0.4, 0.5) is 0 Å². The molecule has 0 fully saturated rings. The zero-order valence-electron chi connectivity index (χ0n) is 10.1. The maximum Gasteiger partial charge on any atom is 0.287 e. The van der Waals surface area contributed by atoms with E-state index in [1.807, 2.05) is 30.3 Å². The highest BCUT2D eigenvalue weighted by Gasteiger charge is 2.16. The molecule has 1 aromatic carbocycles. The van der Waals surface area contributed by atoms with Gasteiger partial charge in [-0.25, -0.2) is 0 Å². The van der Waals surface area contributed by atoms with E-state index < -0.39 is 0 Å². The first kappa shape index (κ1) is 14.2. The van der Waals surface area contributed by atoms with Gasteiger partial charge in [0.2, 0.25) is 0 Å². The second-order valence-electron chi connectivity index (χ2n) is 4.12. The summed E-state index contributed by atoms with van der Waals surface area (Å²) in [6.45, 7) is 0. The molecule has 5 heteroatoms. The first-order valence-electron chi connectivity index (χ1n) is 5.85. The minimum Gasteiger partial charge on any atom is -0.444 e. The molecule has 0 spiro atoms. The molecule has 1 unspecified atom stereocenters. The molecule has 0 radical (unpaired) electrons. The summed E-state index contributed by atoms with van der Waals surface area (Å²) in [6, 6.07) is 13.1. The van der Waals surface area contributed by atoms with E-state index in [1.165, 1.54) is 0 Å². The van der Waals surface area contributed by atoms with E-state index in [0.717, 1.165) is 5.56 Å². The minimum atomic E-state index is -0.257. The molecule has 2 aromatic rings. The lowest BCUT2D eigenvalue weighted by Gasteiger charge is -2.15. The summed E-state index contributed by atoms with van der Waals surface area (Å²) in [5, 5.41) is 2.86. The Labute approximate surface area is 125 Å². The lowest BCUT2D eigenvalue weighted by atomic mass is 10.1. The number of carbonyl (C=O) groups is 1. The molecule has 1 atom stereocenters. The van der Waals surface area contributed by atoms with E-state index in [-0.39, 0.29) is 17.7 Å². The molecule has 1 heterocycles. The van der Waals surface area contributed by atoms with Crippen LogP contribution in [0.5, 0.6) is 0 Å². The molecule has 0 saturated carbocycles. The second kappa shape index (κ2) is 6.78. The van der Waals surface area contributed by atoms with Crippen LogP contribution < -0.4 is 5.32 Å². The Morgan fingerprint density at radius 2 is 2.00 bits per heavy atom. The number of amides is 1. The van der Waals surface area contributed by atoms with E-state index in [0.29, 0.717) is 17.0 Å². The third-order valence-corrected chi connectivity index (χ3v) is 3.44. The Hall–Kier alpha value is -1.26. The van der Waals surface area contributed by atoms with Gasteiger partial charge in [-0.15, -0.1) is 11.6 Å². The fraction of sp³-hybridized carbons (Fsp3) is 0.214. The highest BCUT2D eigenvalue weighted by atomic mass is 79.9. The van der Waals surface area contributed by atoms with Crippen LogP contribution in [0.1, 0.15) is 16.1 Å². The fourth-order valence-electron chi connectivity index (χ4n) is 1.74. The Kier molecular flexibility index (Phi) is 5.05. The Balaban J connectivity index is 1.97. The smallest absolute Gasteiger partial charge is 0.287 e. The molecule has 0 saturated heterocycles. The Bertz CT molecular complexity index is 541. The summed E-state index contributed by atoms with van der Waals surface area (Å²) in [6.07, 6.45) is 0.692. The predicted octanol–water partition coefficient (Wildman–Crippen LogP) is 3.62. The number of hydrogen-bond acceptors (Lipinski definition) is 2. The van der Waals surface area contributed by atoms with Crippen LogP contribution in [-0.2, 0) is 6.42 Å². The van der Waals surface area contributed by atoms with Crippen molar-refractivity contribution in [3.63, 3.8) is 0 Å². The van der Waals surface area contributed by atoms with E-state index in [4.69, 9.17) is 16.0 Å². The molecule has 2 rings (SSSR count). The third kappa shape index (κ3) is 4.11. The number of alkyl halides is 1. The van der Waals surface area contributed by atoms with Crippen molar-refractivity contribution >= 4 is 33.4 Å². The Morgan fingerprint density at radius 1 is 1.26 bits per heavy atom. The molecule has 1 N–H and O–H groups in total. The average molecular weight is 343 g/mol. The molecular weight excluding hydrogens is 330 g/mol. The van der Waals surface area contributed by atoms with E-state index in [9.17, 15) is 4.79 Å². The van der Waals surface area contributed by atoms with Gasteiger partial charge in [0, 0.05) is 11.9 Å². The number of rotatable bonds is 5. The summed E-state index contributed by atoms with van der Waals surface area (Å²) in [7, 11) is 0. The highest BCUT2D eigenvalue weighted by molar-refractivity contribution is 9.10. The van der Waals surface area contributed by atoms with Crippen molar-refractivity contribution in [2.75, 3.05) is 5.88 Å². The van der Waals surface area contributed by atoms with Gasteiger partial charge in [0.25, 0.3) is 5.91 Å². The molecule has 0 aliphatic carbocycles. The summed E-state index contributed by atoms with van der Waals surface area (Å²) >= 11 is 9.06. The topological polar surface area (TPSA) is 42.2 Å². The average Bonchev–Trinajstić information content (AvgIpc) is 2.86. The predicted molar refractivity (Wildman–Crippen MR) is 78.5 cm³/mol. The van der Waals surface area contributed by atoms with E-state index in [2.05, 4.69) is 21.2 Å². The summed E-state index contributed by atoms with van der Waals surface area (Å²) < 4.78 is 5.73. The molecule has 0 aliphatic heterocycles. The third-order valence-electron chi connectivity index (χ3n) is 2.64. The van der Waals surface area contributed by atoms with Crippen molar-refractivity contribution in [1.82, 2.24) is 5.32 Å². The van der Waals surface area contributed by atoms with Crippen LogP contribution in [0.15, 0.2) is 51.6 Å². The van der Waals surface area contributed by atoms with Gasteiger partial charge in [0.05, 0.1) is 0 Å². The van der Waals surface area contributed by atoms with Crippen molar-refractivity contribution in [1.29, 1.82) is 0 Å². The van der Waals surface area contributed by atoms with Crippen molar-refractivity contribution in [3.8, 4) is 0 Å². The van der Waals surface area contributed by atoms with Crippen molar-refractivity contribution in [3.05, 3.63) is 58.5 Å². The number of nitrogens with one attached hydrogen (secondary N) is 1. The molecule has 19 heavy (non-hydrogen) atoms. The van der Waals surface area contributed by atoms with Gasteiger partial charge in [-0.2, -0.15) is 0 Å². The largest absolute Gasteiger partial charge is 0.444 e. The van der Waals surface area contributed by atoms with Gasteiger partial charge in [0.15, 0.2) is 10.4 Å². The summed E-state index contributed by atoms with van der Waals surface area (Å²) in [5.41, 5.74) is 1.13. The monoisotopic (exact) mass is 341 g/mol. The number of hydrogen-bond donors (Lipinski definition) is 1. The van der Waals surface area contributed by atoms with Crippen LogP contribution in [0.25, 0.3) is 0 Å². The molecule has 1 amide bonds. The Morgan fingerprint density at radius 3 is 2.58 bits per heavy atom. The minimum absolute atomic E-state index is 0.125. The summed E-state index contributed by atoms with van der Waals surface area (Å²) in [5.74, 6) is 0.366. The lowest BCUT2D eigenvalue weighted by Crippen LogP contribution is -2.37. The van der Waals surface area contributed by atoms with Crippen molar-refractivity contribution in [2.24, 2.45) is 0 Å². The van der Waals surface area contributed by atoms with Crippen LogP contribution in [0, 0.1) is 0 Å². The molecule has 100 valence electrons. The van der Waals surface area contributed by atoms with Crippen LogP contribution in [0.2, 0.25) is 0 Å². The highest BCUT2D eigenvalue weighted by Crippen LogP contribution is 2.14. The molecule has 3 nitrogen and oxygen atoms in total. The molecule has 0 bridgehead atoms. The van der Waals surface area contributed by atoms with Crippen molar-refractivity contribution < 1.29 is 9.21 Å². The van der Waals surface area contributed by atoms with Gasteiger partial charge in [0.1, 0.15) is 0 Å². The van der Waals surface area contributed by atoms with E-state index in [1.54, 1.807) is 12.1 Å². The number of carbonyl (C=O) groups excluding carboxylic acids is 1. The van der Waals surface area contributed by atoms with Gasteiger partial charge >= 0.3 is 0 Å². The molecular formula is C14H13BrClNO2.